The molecule has 3 atom stereocenters. The largest absolute Gasteiger partial charge is 0.504 e. The van der Waals surface area contributed by atoms with Gasteiger partial charge in [0.1, 0.15) is 0 Å². The fourth-order valence-corrected chi connectivity index (χ4v) is 4.84. The summed E-state index contributed by atoms with van der Waals surface area (Å²) >= 11 is 0. The zero-order chi connectivity index (χ0) is 17.1. The van der Waals surface area contributed by atoms with Gasteiger partial charge in [0.2, 0.25) is 0 Å². The SMILES string of the molecule is COC1=C[C@]23CCN(C)[C@H](Cc4ccc(OC)c(O)c42)C3=C[C@@H]1C. The molecule has 0 spiro atoms. The molecule has 4 heteroatoms. The molecule has 128 valence electrons. The van der Waals surface area contributed by atoms with Crippen molar-refractivity contribution in [3.05, 3.63) is 46.7 Å². The van der Waals surface area contributed by atoms with E-state index in [1.165, 1.54) is 11.1 Å². The number of hydrogen-bond acceptors (Lipinski definition) is 4. The fraction of sp³-hybridized carbons (Fsp3) is 0.500. The van der Waals surface area contributed by atoms with Crippen molar-refractivity contribution in [3.63, 3.8) is 0 Å². The van der Waals surface area contributed by atoms with E-state index in [0.29, 0.717) is 11.8 Å². The molecular formula is C20H25NO3. The quantitative estimate of drug-likeness (QED) is 0.848. The van der Waals surface area contributed by atoms with Crippen molar-refractivity contribution in [2.24, 2.45) is 5.92 Å². The molecule has 2 bridgehead atoms. The number of fused-ring (bicyclic) bond motifs is 1. The van der Waals surface area contributed by atoms with Crippen molar-refractivity contribution in [2.45, 2.75) is 31.2 Å². The lowest BCUT2D eigenvalue weighted by atomic mass is 9.58. The average Bonchev–Trinajstić information content (AvgIpc) is 2.58. The topological polar surface area (TPSA) is 41.9 Å². The van der Waals surface area contributed by atoms with Crippen LogP contribution in [-0.2, 0) is 16.6 Å². The number of benzene rings is 1. The molecule has 0 amide bonds. The Morgan fingerprint density at radius 2 is 2.04 bits per heavy atom. The van der Waals surface area contributed by atoms with E-state index in [1.54, 1.807) is 14.2 Å². The van der Waals surface area contributed by atoms with Crippen molar-refractivity contribution in [1.82, 2.24) is 4.90 Å². The van der Waals surface area contributed by atoms with Crippen LogP contribution in [0.2, 0.25) is 0 Å². The molecule has 0 aromatic heterocycles. The molecule has 3 aliphatic rings. The van der Waals surface area contributed by atoms with Crippen LogP contribution in [0.5, 0.6) is 11.5 Å². The van der Waals surface area contributed by atoms with Gasteiger partial charge in [-0.05, 0) is 49.7 Å². The maximum Gasteiger partial charge on any atom is 0.162 e. The van der Waals surface area contributed by atoms with Gasteiger partial charge in [-0.15, -0.1) is 0 Å². The third-order valence-corrected chi connectivity index (χ3v) is 6.07. The average molecular weight is 327 g/mol. The number of methoxy groups -OCH3 is 2. The highest BCUT2D eigenvalue weighted by atomic mass is 16.5. The predicted octanol–water partition coefficient (Wildman–Crippen LogP) is 3.01. The first-order chi connectivity index (χ1) is 11.5. The molecule has 0 unspecified atom stereocenters. The van der Waals surface area contributed by atoms with Crippen LogP contribution in [0.3, 0.4) is 0 Å². The van der Waals surface area contributed by atoms with Gasteiger partial charge in [0, 0.05) is 22.9 Å². The van der Waals surface area contributed by atoms with Gasteiger partial charge in [-0.1, -0.05) is 19.1 Å². The number of likely N-dealkylation sites (tertiary alicyclic amines) is 1. The lowest BCUT2D eigenvalue weighted by molar-refractivity contribution is 0.171. The minimum Gasteiger partial charge on any atom is -0.504 e. The normalized spacial score (nSPS) is 31.5. The van der Waals surface area contributed by atoms with Crippen LogP contribution >= 0.6 is 0 Å². The van der Waals surface area contributed by atoms with Crippen molar-refractivity contribution < 1.29 is 14.6 Å². The summed E-state index contributed by atoms with van der Waals surface area (Å²) < 4.78 is 11.1. The van der Waals surface area contributed by atoms with Crippen LogP contribution in [0.15, 0.2) is 35.6 Å². The number of likely N-dealkylation sites (N-methyl/N-ethyl adjacent to an activating group) is 1. The minimum absolute atomic E-state index is 0.265. The van der Waals surface area contributed by atoms with Crippen LogP contribution < -0.4 is 4.74 Å². The second-order valence-corrected chi connectivity index (χ2v) is 7.23. The van der Waals surface area contributed by atoms with E-state index in [9.17, 15) is 5.11 Å². The van der Waals surface area contributed by atoms with Crippen LogP contribution in [0.25, 0.3) is 0 Å². The van der Waals surface area contributed by atoms with Gasteiger partial charge in [0.15, 0.2) is 11.5 Å². The molecule has 4 rings (SSSR count). The maximum absolute atomic E-state index is 10.9. The summed E-state index contributed by atoms with van der Waals surface area (Å²) in [5, 5.41) is 10.9. The van der Waals surface area contributed by atoms with Crippen molar-refractivity contribution in [2.75, 3.05) is 27.8 Å². The Labute approximate surface area is 143 Å². The number of ether oxygens (including phenoxy) is 2. The smallest absolute Gasteiger partial charge is 0.162 e. The second-order valence-electron chi connectivity index (χ2n) is 7.23. The van der Waals surface area contributed by atoms with Crippen LogP contribution in [0.4, 0.5) is 0 Å². The Balaban J connectivity index is 2.01. The number of allylic oxidation sites excluding steroid dienone is 2. The molecule has 1 fully saturated rings. The molecule has 24 heavy (non-hydrogen) atoms. The molecule has 0 radical (unpaired) electrons. The van der Waals surface area contributed by atoms with Crippen molar-refractivity contribution in [3.8, 4) is 11.5 Å². The molecule has 2 aliphatic carbocycles. The first kappa shape index (κ1) is 15.6. The summed E-state index contributed by atoms with van der Waals surface area (Å²) in [5.41, 5.74) is 3.35. The molecule has 1 aliphatic heterocycles. The molecule has 0 saturated carbocycles. The van der Waals surface area contributed by atoms with Crippen molar-refractivity contribution in [1.29, 1.82) is 0 Å². The van der Waals surface area contributed by atoms with Crippen LogP contribution in [0.1, 0.15) is 24.5 Å². The zero-order valence-electron chi connectivity index (χ0n) is 14.8. The highest BCUT2D eigenvalue weighted by Crippen LogP contribution is 2.56. The van der Waals surface area contributed by atoms with Crippen LogP contribution in [0, 0.1) is 5.92 Å². The number of nitrogens with zero attached hydrogens (tertiary/aromatic N) is 1. The molecule has 1 saturated heterocycles. The van der Waals surface area contributed by atoms with E-state index in [-0.39, 0.29) is 17.1 Å². The Hall–Kier alpha value is -1.94. The molecule has 1 N–H and O–H groups in total. The molecular weight excluding hydrogens is 302 g/mol. The summed E-state index contributed by atoms with van der Waals surface area (Å²) in [7, 11) is 5.54. The van der Waals surface area contributed by atoms with Gasteiger partial charge in [0.05, 0.1) is 20.0 Å². The Morgan fingerprint density at radius 1 is 1.25 bits per heavy atom. The first-order valence-corrected chi connectivity index (χ1v) is 8.60. The number of rotatable bonds is 2. The van der Waals surface area contributed by atoms with Gasteiger partial charge < -0.3 is 14.6 Å². The maximum atomic E-state index is 10.9. The summed E-state index contributed by atoms with van der Waals surface area (Å²) in [6, 6.07) is 4.37. The Kier molecular flexibility index (Phi) is 3.43. The minimum atomic E-state index is -0.277. The molecule has 4 nitrogen and oxygen atoms in total. The van der Waals surface area contributed by atoms with Crippen LogP contribution in [-0.4, -0.2) is 43.9 Å². The Morgan fingerprint density at radius 3 is 2.75 bits per heavy atom. The van der Waals surface area contributed by atoms with E-state index in [0.717, 1.165) is 30.7 Å². The number of phenols is 1. The monoisotopic (exact) mass is 327 g/mol. The van der Waals surface area contributed by atoms with E-state index >= 15 is 0 Å². The number of hydrogen-bond donors (Lipinski definition) is 1. The summed E-state index contributed by atoms with van der Waals surface area (Å²) in [4.78, 5) is 2.44. The molecule has 1 heterocycles. The lowest BCUT2D eigenvalue weighted by Gasteiger charge is -2.53. The second kappa shape index (κ2) is 5.28. The summed E-state index contributed by atoms with van der Waals surface area (Å²) in [6.45, 7) is 3.17. The van der Waals surface area contributed by atoms with Gasteiger partial charge in [-0.2, -0.15) is 0 Å². The summed E-state index contributed by atoms with van der Waals surface area (Å²) in [6.07, 6.45) is 6.48. The van der Waals surface area contributed by atoms with Gasteiger partial charge in [-0.25, -0.2) is 0 Å². The predicted molar refractivity (Wildman–Crippen MR) is 93.4 cm³/mol. The van der Waals surface area contributed by atoms with E-state index < -0.39 is 0 Å². The Bertz CT molecular complexity index is 751. The zero-order valence-corrected chi connectivity index (χ0v) is 14.8. The van der Waals surface area contributed by atoms with Gasteiger partial charge >= 0.3 is 0 Å². The fourth-order valence-electron chi connectivity index (χ4n) is 4.84. The lowest BCUT2D eigenvalue weighted by Crippen LogP contribution is -2.54. The van der Waals surface area contributed by atoms with E-state index in [4.69, 9.17) is 9.47 Å². The number of piperidine rings is 1. The van der Waals surface area contributed by atoms with Crippen molar-refractivity contribution >= 4 is 0 Å². The first-order valence-electron chi connectivity index (χ1n) is 8.60. The highest BCUT2D eigenvalue weighted by Gasteiger charge is 2.51. The number of phenolic OH excluding ortho intramolecular Hbond substituents is 1. The molecule has 1 aromatic carbocycles. The third kappa shape index (κ3) is 1.89. The highest BCUT2D eigenvalue weighted by molar-refractivity contribution is 5.64. The number of aromatic hydroxyl groups is 1. The molecule has 1 aromatic rings. The summed E-state index contributed by atoms with van der Waals surface area (Å²) in [5.74, 6) is 2.08. The third-order valence-electron chi connectivity index (χ3n) is 6.07. The van der Waals surface area contributed by atoms with E-state index in [1.807, 2.05) is 6.07 Å². The standard InChI is InChI=1S/C20H25NO3/c1-12-9-14-15-10-13-5-6-16(23-3)19(22)18(13)20(14,7-8-21(15)2)11-17(12)24-4/h5-6,9,11-12,15,22H,7-8,10H2,1-4H3/t12-,15+,20-/m0/s1. The van der Waals surface area contributed by atoms with Gasteiger partial charge in [0.25, 0.3) is 0 Å². The van der Waals surface area contributed by atoms with Gasteiger partial charge in [-0.3, -0.25) is 4.90 Å². The van der Waals surface area contributed by atoms with E-state index in [2.05, 4.69) is 37.1 Å².